The Kier molecular flexibility index (Phi) is 5.13. The van der Waals surface area contributed by atoms with E-state index in [2.05, 4.69) is 44.7 Å². The average Bonchev–Trinajstić information content (AvgIpc) is 3.42. The normalized spacial score (nSPS) is 14.6. The van der Waals surface area contributed by atoms with Crippen LogP contribution in [0.2, 0.25) is 0 Å². The molecule has 6 heteroatoms. The molecule has 1 amide bonds. The first-order valence-corrected chi connectivity index (χ1v) is 9.83. The lowest BCUT2D eigenvalue weighted by atomic mass is 10.1. The van der Waals surface area contributed by atoms with Gasteiger partial charge in [-0.1, -0.05) is 30.3 Å². The number of aromatic nitrogens is 2. The number of hydrogen-bond acceptors (Lipinski definition) is 4. The van der Waals surface area contributed by atoms with E-state index in [1.807, 2.05) is 17.5 Å². The van der Waals surface area contributed by atoms with Gasteiger partial charge in [-0.05, 0) is 54.6 Å². The maximum Gasteiger partial charge on any atom is 0.272 e. The standard InChI is InChI=1S/C20H22N4OS/c25-20(18-12-17(22-23-18)19-4-3-11-26-19)21-13-15-5-7-16(8-6-15)14-24-9-1-2-10-24/h3-8,11-12H,1-2,9-10,13-14H2,(H,21,25)(H,22,23). The Balaban J connectivity index is 1.31. The average molecular weight is 366 g/mol. The molecular weight excluding hydrogens is 344 g/mol. The van der Waals surface area contributed by atoms with E-state index >= 15 is 0 Å². The first-order chi connectivity index (χ1) is 12.8. The zero-order valence-electron chi connectivity index (χ0n) is 14.6. The summed E-state index contributed by atoms with van der Waals surface area (Å²) in [7, 11) is 0. The molecule has 0 bridgehead atoms. The number of hydrogen-bond donors (Lipinski definition) is 2. The highest BCUT2D eigenvalue weighted by molar-refractivity contribution is 7.13. The van der Waals surface area contributed by atoms with Crippen LogP contribution in [0.4, 0.5) is 0 Å². The summed E-state index contributed by atoms with van der Waals surface area (Å²) in [5.41, 5.74) is 3.71. The molecule has 1 fully saturated rings. The van der Waals surface area contributed by atoms with Crippen molar-refractivity contribution in [3.8, 4) is 10.6 Å². The number of rotatable bonds is 6. The Labute approximate surface area is 157 Å². The van der Waals surface area contributed by atoms with Crippen molar-refractivity contribution in [2.45, 2.75) is 25.9 Å². The highest BCUT2D eigenvalue weighted by Crippen LogP contribution is 2.22. The number of nitrogens with zero attached hydrogens (tertiary/aromatic N) is 2. The topological polar surface area (TPSA) is 61.0 Å². The smallest absolute Gasteiger partial charge is 0.272 e. The van der Waals surface area contributed by atoms with Gasteiger partial charge >= 0.3 is 0 Å². The first kappa shape index (κ1) is 17.0. The van der Waals surface area contributed by atoms with E-state index in [-0.39, 0.29) is 5.91 Å². The number of carbonyl (C=O) groups is 1. The second kappa shape index (κ2) is 7.85. The number of H-pyrrole nitrogens is 1. The molecule has 0 atom stereocenters. The van der Waals surface area contributed by atoms with E-state index in [0.29, 0.717) is 12.2 Å². The first-order valence-electron chi connectivity index (χ1n) is 8.95. The van der Waals surface area contributed by atoms with Crippen LogP contribution < -0.4 is 5.32 Å². The molecule has 0 unspecified atom stereocenters. The molecule has 2 aromatic heterocycles. The van der Waals surface area contributed by atoms with Crippen molar-refractivity contribution < 1.29 is 4.79 Å². The maximum atomic E-state index is 12.3. The van der Waals surface area contributed by atoms with Crippen LogP contribution in [0.5, 0.6) is 0 Å². The van der Waals surface area contributed by atoms with Crippen molar-refractivity contribution in [3.63, 3.8) is 0 Å². The summed E-state index contributed by atoms with van der Waals surface area (Å²) in [6, 6.07) is 14.3. The van der Waals surface area contributed by atoms with Crippen molar-refractivity contribution in [3.05, 3.63) is 64.7 Å². The van der Waals surface area contributed by atoms with E-state index in [0.717, 1.165) is 22.7 Å². The van der Waals surface area contributed by atoms with Crippen LogP contribution in [0.15, 0.2) is 47.8 Å². The predicted molar refractivity (Wildman–Crippen MR) is 104 cm³/mol. The fourth-order valence-electron chi connectivity index (χ4n) is 3.23. The largest absolute Gasteiger partial charge is 0.347 e. The van der Waals surface area contributed by atoms with Crippen LogP contribution in [0.3, 0.4) is 0 Å². The number of thiophene rings is 1. The second-order valence-corrected chi connectivity index (χ2v) is 7.57. The molecule has 0 aliphatic carbocycles. The molecule has 4 rings (SSSR count). The summed E-state index contributed by atoms with van der Waals surface area (Å²) >= 11 is 1.62. The van der Waals surface area contributed by atoms with Gasteiger partial charge in [0, 0.05) is 13.1 Å². The number of carbonyl (C=O) groups excluding carboxylic acids is 1. The molecule has 1 aromatic carbocycles. The van der Waals surface area contributed by atoms with Crippen LogP contribution in [-0.2, 0) is 13.1 Å². The molecule has 0 spiro atoms. The Hall–Kier alpha value is -2.44. The monoisotopic (exact) mass is 366 g/mol. The summed E-state index contributed by atoms with van der Waals surface area (Å²) in [4.78, 5) is 15.9. The van der Waals surface area contributed by atoms with Crippen molar-refractivity contribution in [1.82, 2.24) is 20.4 Å². The zero-order chi connectivity index (χ0) is 17.8. The Morgan fingerprint density at radius 3 is 2.65 bits per heavy atom. The number of amides is 1. The lowest BCUT2D eigenvalue weighted by molar-refractivity contribution is 0.0946. The molecule has 26 heavy (non-hydrogen) atoms. The van der Waals surface area contributed by atoms with E-state index < -0.39 is 0 Å². The summed E-state index contributed by atoms with van der Waals surface area (Å²) in [5, 5.41) is 12.0. The molecule has 5 nitrogen and oxygen atoms in total. The van der Waals surface area contributed by atoms with Crippen LogP contribution in [0.1, 0.15) is 34.5 Å². The molecule has 0 saturated carbocycles. The Bertz CT molecular complexity index is 848. The van der Waals surface area contributed by atoms with Gasteiger partial charge in [0.05, 0.1) is 10.6 Å². The van der Waals surface area contributed by atoms with Gasteiger partial charge in [0.25, 0.3) is 5.91 Å². The highest BCUT2D eigenvalue weighted by Gasteiger charge is 2.13. The van der Waals surface area contributed by atoms with E-state index in [1.165, 1.54) is 31.5 Å². The summed E-state index contributed by atoms with van der Waals surface area (Å²) in [6.45, 7) is 3.93. The zero-order valence-corrected chi connectivity index (χ0v) is 15.4. The number of nitrogens with one attached hydrogen (secondary N) is 2. The second-order valence-electron chi connectivity index (χ2n) is 6.63. The van der Waals surface area contributed by atoms with Gasteiger partial charge in [-0.3, -0.25) is 14.8 Å². The Morgan fingerprint density at radius 2 is 1.92 bits per heavy atom. The third-order valence-electron chi connectivity index (χ3n) is 4.68. The van der Waals surface area contributed by atoms with Gasteiger partial charge in [-0.2, -0.15) is 5.10 Å². The van der Waals surface area contributed by atoms with Crippen LogP contribution in [-0.4, -0.2) is 34.1 Å². The molecule has 3 aromatic rings. The van der Waals surface area contributed by atoms with Crippen LogP contribution in [0.25, 0.3) is 10.6 Å². The van der Waals surface area contributed by atoms with E-state index in [9.17, 15) is 4.79 Å². The van der Waals surface area contributed by atoms with Crippen molar-refractivity contribution >= 4 is 17.2 Å². The minimum atomic E-state index is -0.162. The lowest BCUT2D eigenvalue weighted by Crippen LogP contribution is -2.23. The molecule has 2 N–H and O–H groups in total. The van der Waals surface area contributed by atoms with Gasteiger partial charge in [-0.25, -0.2) is 0 Å². The third kappa shape index (κ3) is 4.03. The maximum absolute atomic E-state index is 12.3. The molecule has 1 aliphatic heterocycles. The summed E-state index contributed by atoms with van der Waals surface area (Å²) in [5.74, 6) is -0.162. The number of benzene rings is 1. The molecule has 0 radical (unpaired) electrons. The predicted octanol–water partition coefficient (Wildman–Crippen LogP) is 3.66. The number of aromatic amines is 1. The van der Waals surface area contributed by atoms with Gasteiger partial charge in [-0.15, -0.1) is 11.3 Å². The fourth-order valence-corrected chi connectivity index (χ4v) is 3.92. The van der Waals surface area contributed by atoms with Crippen LogP contribution in [0, 0.1) is 0 Å². The molecule has 134 valence electrons. The van der Waals surface area contributed by atoms with Gasteiger partial charge < -0.3 is 5.32 Å². The van der Waals surface area contributed by atoms with Crippen LogP contribution >= 0.6 is 11.3 Å². The van der Waals surface area contributed by atoms with Gasteiger partial charge in [0.1, 0.15) is 0 Å². The van der Waals surface area contributed by atoms with E-state index in [4.69, 9.17) is 0 Å². The quantitative estimate of drug-likeness (QED) is 0.700. The molecule has 1 aliphatic rings. The molecule has 1 saturated heterocycles. The SMILES string of the molecule is O=C(NCc1ccc(CN2CCCC2)cc1)c1cc(-c2cccs2)[nH]n1. The molecular formula is C20H22N4OS. The van der Waals surface area contributed by atoms with E-state index in [1.54, 1.807) is 17.4 Å². The Morgan fingerprint density at radius 1 is 1.15 bits per heavy atom. The third-order valence-corrected chi connectivity index (χ3v) is 5.58. The minimum absolute atomic E-state index is 0.162. The summed E-state index contributed by atoms with van der Waals surface area (Å²) < 4.78 is 0. The van der Waals surface area contributed by atoms with Gasteiger partial charge in [0.2, 0.25) is 0 Å². The fraction of sp³-hybridized carbons (Fsp3) is 0.300. The minimum Gasteiger partial charge on any atom is -0.347 e. The molecule has 3 heterocycles. The highest BCUT2D eigenvalue weighted by atomic mass is 32.1. The van der Waals surface area contributed by atoms with Crippen molar-refractivity contribution in [2.24, 2.45) is 0 Å². The summed E-state index contributed by atoms with van der Waals surface area (Å²) in [6.07, 6.45) is 2.62. The van der Waals surface area contributed by atoms with Crippen molar-refractivity contribution in [2.75, 3.05) is 13.1 Å². The lowest BCUT2D eigenvalue weighted by Gasteiger charge is -2.14. The van der Waals surface area contributed by atoms with Gasteiger partial charge in [0.15, 0.2) is 5.69 Å². The number of likely N-dealkylation sites (tertiary alicyclic amines) is 1. The van der Waals surface area contributed by atoms with Crippen molar-refractivity contribution in [1.29, 1.82) is 0 Å².